The Morgan fingerprint density at radius 3 is 2.57 bits per heavy atom. The van der Waals surface area contributed by atoms with Gasteiger partial charge in [0.05, 0.1) is 12.1 Å². The van der Waals surface area contributed by atoms with Crippen LogP contribution in [0.25, 0.3) is 11.3 Å². The molecule has 1 heterocycles. The molecule has 0 unspecified atom stereocenters. The number of hydrogen-bond donors (Lipinski definition) is 1. The Hall–Kier alpha value is -2.95. The molecule has 0 aliphatic rings. The van der Waals surface area contributed by atoms with Crippen molar-refractivity contribution in [2.75, 3.05) is 13.6 Å². The molecule has 1 amide bonds. The van der Waals surface area contributed by atoms with Crippen molar-refractivity contribution in [2.24, 2.45) is 0 Å². The lowest BCUT2D eigenvalue weighted by molar-refractivity contribution is -0.129. The summed E-state index contributed by atoms with van der Waals surface area (Å²) in [5.41, 5.74) is 3.66. The van der Waals surface area contributed by atoms with Gasteiger partial charge >= 0.3 is 0 Å². The van der Waals surface area contributed by atoms with Crippen molar-refractivity contribution < 1.29 is 9.18 Å². The summed E-state index contributed by atoms with van der Waals surface area (Å²) in [6.45, 7) is 0.686. The number of aromatic amines is 1. The number of carbonyl (C=O) groups excluding carboxylic acids is 1. The molecule has 0 fully saturated rings. The number of likely N-dealkylation sites (N-methyl/N-ethyl adjacent to an activating group) is 1. The van der Waals surface area contributed by atoms with Crippen LogP contribution in [0.2, 0.25) is 0 Å². The summed E-state index contributed by atoms with van der Waals surface area (Å²) in [7, 11) is 1.78. The number of nitrogens with one attached hydrogen (secondary N) is 1. The largest absolute Gasteiger partial charge is 0.345 e. The standard InChI is InChI=1S/C23H26FN3O/c1-27(23(28)16-19-12-7-8-14-21(19)24)15-9-3-6-13-20-17-22(26-25-20)18-10-4-2-5-11-18/h2,4-5,7-8,10-12,14,17H,3,6,9,13,15-16H2,1H3,(H,25,26). The topological polar surface area (TPSA) is 49.0 Å². The minimum atomic E-state index is -0.321. The van der Waals surface area contributed by atoms with Crippen LogP contribution >= 0.6 is 0 Å². The summed E-state index contributed by atoms with van der Waals surface area (Å²) >= 11 is 0. The Kier molecular flexibility index (Phi) is 6.95. The first-order valence-electron chi connectivity index (χ1n) is 9.70. The summed E-state index contributed by atoms with van der Waals surface area (Å²) in [4.78, 5) is 13.9. The first-order valence-corrected chi connectivity index (χ1v) is 9.70. The number of aromatic nitrogens is 2. The number of benzene rings is 2. The van der Waals surface area contributed by atoms with E-state index in [9.17, 15) is 9.18 Å². The molecular weight excluding hydrogens is 353 g/mol. The second kappa shape index (κ2) is 9.83. The molecular formula is C23H26FN3O. The molecule has 3 rings (SSSR count). The zero-order chi connectivity index (χ0) is 19.8. The van der Waals surface area contributed by atoms with Gasteiger partial charge in [0.15, 0.2) is 0 Å². The number of H-pyrrole nitrogens is 1. The summed E-state index contributed by atoms with van der Waals surface area (Å²) < 4.78 is 13.7. The van der Waals surface area contributed by atoms with Crippen molar-refractivity contribution in [1.82, 2.24) is 15.1 Å². The van der Waals surface area contributed by atoms with Crippen LogP contribution in [-0.2, 0) is 17.6 Å². The van der Waals surface area contributed by atoms with E-state index in [1.54, 1.807) is 30.1 Å². The van der Waals surface area contributed by atoms with Crippen LogP contribution in [0.3, 0.4) is 0 Å². The highest BCUT2D eigenvalue weighted by Gasteiger charge is 2.12. The Morgan fingerprint density at radius 2 is 1.79 bits per heavy atom. The predicted octanol–water partition coefficient (Wildman–Crippen LogP) is 4.63. The second-order valence-electron chi connectivity index (χ2n) is 7.04. The van der Waals surface area contributed by atoms with Gasteiger partial charge in [-0.25, -0.2) is 4.39 Å². The molecule has 0 saturated carbocycles. The van der Waals surface area contributed by atoms with E-state index < -0.39 is 0 Å². The lowest BCUT2D eigenvalue weighted by Gasteiger charge is -2.17. The minimum Gasteiger partial charge on any atom is -0.345 e. The van der Waals surface area contributed by atoms with E-state index in [2.05, 4.69) is 16.3 Å². The van der Waals surface area contributed by atoms with Gasteiger partial charge in [-0.05, 0) is 37.0 Å². The van der Waals surface area contributed by atoms with Crippen molar-refractivity contribution in [3.8, 4) is 11.3 Å². The highest BCUT2D eigenvalue weighted by atomic mass is 19.1. The molecule has 0 atom stereocenters. The molecule has 1 aromatic heterocycles. The van der Waals surface area contributed by atoms with Crippen LogP contribution in [0.5, 0.6) is 0 Å². The van der Waals surface area contributed by atoms with E-state index >= 15 is 0 Å². The van der Waals surface area contributed by atoms with Gasteiger partial charge in [0.2, 0.25) is 5.91 Å². The highest BCUT2D eigenvalue weighted by Crippen LogP contribution is 2.18. The van der Waals surface area contributed by atoms with Crippen LogP contribution in [-0.4, -0.2) is 34.6 Å². The summed E-state index contributed by atoms with van der Waals surface area (Å²) in [5.74, 6) is -0.371. The number of carbonyl (C=O) groups is 1. The SMILES string of the molecule is CN(CCCCCc1cc(-c2ccccc2)n[nH]1)C(=O)Cc1ccccc1F. The van der Waals surface area contributed by atoms with Crippen LogP contribution in [0.15, 0.2) is 60.7 Å². The fourth-order valence-electron chi connectivity index (χ4n) is 3.15. The molecule has 28 heavy (non-hydrogen) atoms. The van der Waals surface area contributed by atoms with Crippen molar-refractivity contribution in [3.05, 3.63) is 77.7 Å². The number of unbranched alkanes of at least 4 members (excludes halogenated alkanes) is 2. The molecule has 0 bridgehead atoms. The fourth-order valence-corrected chi connectivity index (χ4v) is 3.15. The lowest BCUT2D eigenvalue weighted by atomic mass is 10.1. The molecule has 2 aromatic carbocycles. The van der Waals surface area contributed by atoms with E-state index in [1.165, 1.54) is 6.07 Å². The molecule has 0 aliphatic heterocycles. The van der Waals surface area contributed by atoms with E-state index in [-0.39, 0.29) is 18.1 Å². The third-order valence-electron chi connectivity index (χ3n) is 4.87. The van der Waals surface area contributed by atoms with Gasteiger partial charge in [-0.3, -0.25) is 9.89 Å². The van der Waals surface area contributed by atoms with Crippen LogP contribution in [0.4, 0.5) is 4.39 Å². The predicted molar refractivity (Wildman–Crippen MR) is 109 cm³/mol. The Morgan fingerprint density at radius 1 is 1.04 bits per heavy atom. The molecule has 5 heteroatoms. The molecule has 3 aromatic rings. The molecule has 0 radical (unpaired) electrons. The smallest absolute Gasteiger partial charge is 0.226 e. The van der Waals surface area contributed by atoms with E-state index in [4.69, 9.17) is 0 Å². The maximum atomic E-state index is 13.7. The first-order chi connectivity index (χ1) is 13.6. The van der Waals surface area contributed by atoms with Crippen molar-refractivity contribution in [1.29, 1.82) is 0 Å². The van der Waals surface area contributed by atoms with Gasteiger partial charge in [-0.1, -0.05) is 55.0 Å². The zero-order valence-corrected chi connectivity index (χ0v) is 16.2. The third kappa shape index (κ3) is 5.52. The summed E-state index contributed by atoms with van der Waals surface area (Å²) in [6, 6.07) is 18.6. The van der Waals surface area contributed by atoms with Gasteiger partial charge < -0.3 is 4.90 Å². The maximum Gasteiger partial charge on any atom is 0.226 e. The molecule has 146 valence electrons. The first kappa shape index (κ1) is 19.8. The average molecular weight is 379 g/mol. The quantitative estimate of drug-likeness (QED) is 0.551. The van der Waals surface area contributed by atoms with Gasteiger partial charge in [-0.2, -0.15) is 5.10 Å². The number of aryl methyl sites for hydroxylation is 1. The van der Waals surface area contributed by atoms with Crippen LogP contribution in [0.1, 0.15) is 30.5 Å². The Bertz CT molecular complexity index is 892. The van der Waals surface area contributed by atoms with Crippen LogP contribution < -0.4 is 0 Å². The highest BCUT2D eigenvalue weighted by molar-refractivity contribution is 5.78. The average Bonchev–Trinajstić information content (AvgIpc) is 3.19. The normalized spacial score (nSPS) is 10.8. The lowest BCUT2D eigenvalue weighted by Crippen LogP contribution is -2.29. The number of nitrogens with zero attached hydrogens (tertiary/aromatic N) is 2. The number of halogens is 1. The van der Waals surface area contributed by atoms with Gasteiger partial charge in [0.1, 0.15) is 5.82 Å². The summed E-state index contributed by atoms with van der Waals surface area (Å²) in [5, 5.41) is 7.48. The van der Waals surface area contributed by atoms with Crippen LogP contribution in [0, 0.1) is 5.82 Å². The number of amides is 1. The summed E-state index contributed by atoms with van der Waals surface area (Å²) in [6.07, 6.45) is 4.04. The number of rotatable bonds is 9. The molecule has 1 N–H and O–H groups in total. The van der Waals surface area contributed by atoms with Crippen molar-refractivity contribution in [3.63, 3.8) is 0 Å². The van der Waals surface area contributed by atoms with E-state index in [1.807, 2.05) is 30.3 Å². The Balaban J connectivity index is 1.36. The van der Waals surface area contributed by atoms with Gasteiger partial charge in [0, 0.05) is 24.8 Å². The van der Waals surface area contributed by atoms with E-state index in [0.717, 1.165) is 42.6 Å². The zero-order valence-electron chi connectivity index (χ0n) is 16.2. The fraction of sp³-hybridized carbons (Fsp3) is 0.304. The monoisotopic (exact) mass is 379 g/mol. The van der Waals surface area contributed by atoms with Gasteiger partial charge in [-0.15, -0.1) is 0 Å². The van der Waals surface area contributed by atoms with E-state index in [0.29, 0.717) is 12.1 Å². The molecule has 0 aliphatic carbocycles. The molecule has 0 spiro atoms. The molecule has 4 nitrogen and oxygen atoms in total. The van der Waals surface area contributed by atoms with Gasteiger partial charge in [0.25, 0.3) is 0 Å². The van der Waals surface area contributed by atoms with Crippen molar-refractivity contribution >= 4 is 5.91 Å². The molecule has 0 saturated heterocycles. The Labute approximate surface area is 165 Å². The van der Waals surface area contributed by atoms with Crippen molar-refractivity contribution in [2.45, 2.75) is 32.1 Å². The minimum absolute atomic E-state index is 0.0498. The second-order valence-corrected chi connectivity index (χ2v) is 7.04. The third-order valence-corrected chi connectivity index (χ3v) is 4.87. The number of hydrogen-bond acceptors (Lipinski definition) is 2. The maximum absolute atomic E-state index is 13.7.